The van der Waals surface area contributed by atoms with Gasteiger partial charge < -0.3 is 15.7 Å². The number of Topliss-reactive ketones (excluding diaryl/α,β-unsaturated/α-hetero) is 1. The number of ketones is 1. The molecule has 20 heteroatoms. The van der Waals surface area contributed by atoms with Crippen molar-refractivity contribution in [2.45, 2.75) is 158 Å². The molecule has 71 heavy (non-hydrogen) atoms. The first-order chi connectivity index (χ1) is 33.3. The van der Waals surface area contributed by atoms with Crippen LogP contribution in [0.15, 0.2) is 91.6 Å². The van der Waals surface area contributed by atoms with Crippen molar-refractivity contribution in [3.8, 4) is 5.75 Å². The number of fused-ring (bicyclic) bond motifs is 1. The van der Waals surface area contributed by atoms with Gasteiger partial charge in [0, 0.05) is 37.0 Å². The fourth-order valence-corrected chi connectivity index (χ4v) is 10.6. The molecule has 4 aromatic rings. The fraction of sp³-hybridized carbons (Fsp3) is 0.510. The molecule has 390 valence electrons. The topological polar surface area (TPSA) is 266 Å². The molecule has 0 spiro atoms. The van der Waals surface area contributed by atoms with Crippen molar-refractivity contribution in [2.75, 3.05) is 24.2 Å². The molecule has 5 N–H and O–H groups in total. The number of sulfonamides is 1. The predicted octanol–water partition coefficient (Wildman–Crippen LogP) is 11.7. The van der Waals surface area contributed by atoms with E-state index in [1.54, 1.807) is 40.0 Å². The summed E-state index contributed by atoms with van der Waals surface area (Å²) in [6.45, 7) is 8.77. The zero-order valence-corrected chi connectivity index (χ0v) is 44.2. The zero-order valence-electron chi connectivity index (χ0n) is 41.7. The Hall–Kier alpha value is -5.12. The minimum atomic E-state index is -5.14. The molecule has 1 atom stereocenters. The number of amides is 2. The molecule has 2 amide bonds. The van der Waals surface area contributed by atoms with Crippen molar-refractivity contribution < 1.29 is 53.8 Å². The molecule has 17 nitrogen and oxygen atoms in total. The Kier molecular flexibility index (Phi) is 21.8. The molecule has 0 aliphatic rings. The predicted molar refractivity (Wildman–Crippen MR) is 276 cm³/mol. The normalized spacial score (nSPS) is 13.0. The summed E-state index contributed by atoms with van der Waals surface area (Å²) in [7, 11) is -12.3. The smallest absolute Gasteiger partial charge is 0.296 e. The van der Waals surface area contributed by atoms with E-state index in [4.69, 9.17) is 0 Å². The number of carbonyl (C=O) groups excluding carboxylic acids is 3. The number of nitrogens with one attached hydrogen (secondary N) is 2. The van der Waals surface area contributed by atoms with Gasteiger partial charge in [-0.1, -0.05) is 136 Å². The van der Waals surface area contributed by atoms with Crippen molar-refractivity contribution in [2.24, 2.45) is 21.6 Å². The van der Waals surface area contributed by atoms with E-state index in [2.05, 4.69) is 27.8 Å². The van der Waals surface area contributed by atoms with Crippen LogP contribution >= 0.6 is 0 Å². The van der Waals surface area contributed by atoms with Crippen LogP contribution in [0.4, 0.5) is 22.7 Å². The first-order valence-corrected chi connectivity index (χ1v) is 28.6. The second-order valence-corrected chi connectivity index (χ2v) is 24.0. The summed E-state index contributed by atoms with van der Waals surface area (Å²) >= 11 is 0. The van der Waals surface area contributed by atoms with Gasteiger partial charge in [-0.3, -0.25) is 23.5 Å². The Balaban J connectivity index is 1.37. The molecule has 4 rings (SSSR count). The zero-order chi connectivity index (χ0) is 52.6. The number of carbonyl (C=O) groups is 3. The lowest BCUT2D eigenvalue weighted by molar-refractivity contribution is -0.136. The van der Waals surface area contributed by atoms with Gasteiger partial charge in [0.1, 0.15) is 16.5 Å². The van der Waals surface area contributed by atoms with Gasteiger partial charge in [0.05, 0.1) is 21.2 Å². The highest BCUT2D eigenvalue weighted by molar-refractivity contribution is 7.89. The molecule has 0 saturated heterocycles. The van der Waals surface area contributed by atoms with Gasteiger partial charge in [0.15, 0.2) is 11.5 Å². The van der Waals surface area contributed by atoms with Crippen molar-refractivity contribution in [1.82, 2.24) is 4.31 Å². The van der Waals surface area contributed by atoms with Crippen molar-refractivity contribution in [1.29, 1.82) is 0 Å². The monoisotopic (exact) mass is 1040 g/mol. The molecule has 0 fully saturated rings. The van der Waals surface area contributed by atoms with Crippen LogP contribution in [0.5, 0.6) is 5.75 Å². The molecule has 1 unspecified atom stereocenters. The number of azo groups is 1. The van der Waals surface area contributed by atoms with Gasteiger partial charge in [0.25, 0.3) is 20.2 Å². The number of unbranched alkanes of at least 4 members (excludes halogenated alkanes) is 15. The summed E-state index contributed by atoms with van der Waals surface area (Å²) in [5, 5.41) is 23.6. The molecule has 4 aromatic carbocycles. The summed E-state index contributed by atoms with van der Waals surface area (Å²) < 4.78 is 96.6. The molecule has 0 radical (unpaired) electrons. The number of hydrogen-bond donors (Lipinski definition) is 5. The Morgan fingerprint density at radius 1 is 0.662 bits per heavy atom. The Morgan fingerprint density at radius 3 is 1.66 bits per heavy atom. The van der Waals surface area contributed by atoms with Gasteiger partial charge in [-0.15, -0.1) is 5.11 Å². The highest BCUT2D eigenvalue weighted by Crippen LogP contribution is 2.45. The SMILES string of the molecule is CCCCCCCCCCCCCCCCCCN(C)S(=O)(=O)c1ccc(NC(=O)C(Cc2ccc(/N=N/c3c(S(=O)(=O)O)cc4cc(S(=O)(=O)O)cc(NC(C)=O)c4c3O)cc2)C(=O)C(C)(C)C)cc1. The number of phenols is 1. The molecule has 0 aromatic heterocycles. The third kappa shape index (κ3) is 17.9. The van der Waals surface area contributed by atoms with Crippen LogP contribution in [0.1, 0.15) is 143 Å². The average Bonchev–Trinajstić information content (AvgIpc) is 3.29. The molecule has 0 bridgehead atoms. The summed E-state index contributed by atoms with van der Waals surface area (Å²) in [6, 6.07) is 14.2. The summed E-state index contributed by atoms with van der Waals surface area (Å²) in [5.74, 6) is -3.76. The standard InChI is InChI=1S/C51H71N5O12S3/c1-7-8-9-10-11-12-13-14-15-16-17-18-19-20-21-22-31-56(6)69(61,62)41-29-27-39(28-30-41)53-50(60)43(49(59)51(3,4)5)32-37-23-25-40(26-24-37)54-55-47-45(71(66,67)68)34-38-33-42(70(63,64)65)35-44(52-36(2)57)46(38)48(47)58/h23-30,33-35,43,58H,7-22,31-32H2,1-6H3,(H,52,57)(H,53,60)(H,63,64,65)(H,66,67,68)/b55-54+. The van der Waals surface area contributed by atoms with Gasteiger partial charge in [-0.25, -0.2) is 12.7 Å². The largest absolute Gasteiger partial charge is 0.505 e. The van der Waals surface area contributed by atoms with Crippen LogP contribution in [0.3, 0.4) is 0 Å². The van der Waals surface area contributed by atoms with E-state index in [1.165, 1.54) is 118 Å². The summed E-state index contributed by atoms with van der Waals surface area (Å²) in [6.07, 6.45) is 19.7. The molecule has 0 aliphatic carbocycles. The Bertz CT molecular complexity index is 2830. The van der Waals surface area contributed by atoms with E-state index in [0.717, 1.165) is 50.8 Å². The van der Waals surface area contributed by atoms with Gasteiger partial charge in [-0.05, 0) is 78.4 Å². The maximum atomic E-state index is 13.8. The maximum absolute atomic E-state index is 13.8. The number of hydrogen-bond acceptors (Lipinski definition) is 12. The second-order valence-electron chi connectivity index (χ2n) is 19.2. The van der Waals surface area contributed by atoms with E-state index in [9.17, 15) is 53.8 Å². The lowest BCUT2D eigenvalue weighted by Crippen LogP contribution is -2.38. The first kappa shape index (κ1) is 58.5. The van der Waals surface area contributed by atoms with E-state index in [1.807, 2.05) is 0 Å². The third-order valence-corrected chi connectivity index (χ3v) is 15.7. The number of benzene rings is 4. The maximum Gasteiger partial charge on any atom is 0.296 e. The van der Waals surface area contributed by atoms with Crippen LogP contribution in [0.2, 0.25) is 0 Å². The van der Waals surface area contributed by atoms with Crippen molar-refractivity contribution >= 4 is 81.4 Å². The van der Waals surface area contributed by atoms with Crippen LogP contribution < -0.4 is 10.6 Å². The average molecular weight is 1040 g/mol. The molecular weight excluding hydrogens is 971 g/mol. The number of anilines is 2. The lowest BCUT2D eigenvalue weighted by atomic mass is 9.80. The van der Waals surface area contributed by atoms with E-state index >= 15 is 0 Å². The van der Waals surface area contributed by atoms with Crippen molar-refractivity contribution in [3.63, 3.8) is 0 Å². The summed E-state index contributed by atoms with van der Waals surface area (Å²) in [5.41, 5.74) is -1.09. The highest BCUT2D eigenvalue weighted by Gasteiger charge is 2.35. The van der Waals surface area contributed by atoms with Gasteiger partial charge in [-0.2, -0.15) is 21.9 Å². The quantitative estimate of drug-likeness (QED) is 0.0147. The van der Waals surface area contributed by atoms with E-state index in [0.29, 0.717) is 17.8 Å². The first-order valence-electron chi connectivity index (χ1n) is 24.3. The summed E-state index contributed by atoms with van der Waals surface area (Å²) in [4.78, 5) is 37.8. The number of rotatable bonds is 29. The highest BCUT2D eigenvalue weighted by atomic mass is 32.2. The number of nitrogens with zero attached hydrogens (tertiary/aromatic N) is 3. The Morgan fingerprint density at radius 2 is 1.18 bits per heavy atom. The van der Waals surface area contributed by atoms with Crippen LogP contribution in [-0.4, -0.2) is 75.0 Å². The molecule has 0 heterocycles. The molecule has 0 saturated carbocycles. The third-order valence-electron chi connectivity index (χ3n) is 12.2. The van der Waals surface area contributed by atoms with E-state index in [-0.39, 0.29) is 39.2 Å². The van der Waals surface area contributed by atoms with E-state index < -0.39 is 74.6 Å². The van der Waals surface area contributed by atoms with Gasteiger partial charge >= 0.3 is 0 Å². The lowest BCUT2D eigenvalue weighted by Gasteiger charge is -2.24. The van der Waals surface area contributed by atoms with Crippen molar-refractivity contribution in [3.05, 3.63) is 72.3 Å². The minimum Gasteiger partial charge on any atom is -0.505 e. The number of aromatic hydroxyl groups is 1. The molecular formula is C51H71N5O12S3. The fourth-order valence-electron chi connectivity index (χ4n) is 8.18. The van der Waals surface area contributed by atoms with Gasteiger partial charge in [0.2, 0.25) is 21.8 Å². The van der Waals surface area contributed by atoms with Crippen LogP contribution in [0, 0.1) is 11.3 Å². The second kappa shape index (κ2) is 26.5. The van der Waals surface area contributed by atoms with Crippen LogP contribution in [0.25, 0.3) is 10.8 Å². The minimum absolute atomic E-state index is 0.0498. The Labute approximate surface area is 419 Å². The van der Waals surface area contributed by atoms with Crippen LogP contribution in [-0.2, 0) is 51.1 Å². The number of phenolic OH excluding ortho intramolecular Hbond substituents is 1. The molecule has 0 aliphatic heterocycles.